The van der Waals surface area contributed by atoms with Crippen LogP contribution in [0.5, 0.6) is 0 Å². The van der Waals surface area contributed by atoms with Gasteiger partial charge in [0.1, 0.15) is 0 Å². The molecule has 0 bridgehead atoms. The minimum atomic E-state index is 0.201. The van der Waals surface area contributed by atoms with Gasteiger partial charge in [-0.15, -0.1) is 0 Å². The summed E-state index contributed by atoms with van der Waals surface area (Å²) in [5.41, 5.74) is 8.00. The summed E-state index contributed by atoms with van der Waals surface area (Å²) in [6.07, 6.45) is 6.41. The van der Waals surface area contributed by atoms with Gasteiger partial charge in [0.05, 0.1) is 6.61 Å². The molecule has 0 spiro atoms. The third kappa shape index (κ3) is 3.71. The Bertz CT molecular complexity index is 405. The first-order chi connectivity index (χ1) is 9.26. The van der Waals surface area contributed by atoms with Crippen molar-refractivity contribution >= 4 is 21.6 Å². The van der Waals surface area contributed by atoms with Gasteiger partial charge < -0.3 is 15.7 Å². The van der Waals surface area contributed by atoms with Crippen molar-refractivity contribution in [1.82, 2.24) is 0 Å². The van der Waals surface area contributed by atoms with Crippen molar-refractivity contribution < 1.29 is 5.11 Å². The first-order valence-corrected chi connectivity index (χ1v) is 7.91. The van der Waals surface area contributed by atoms with Crippen molar-refractivity contribution in [1.29, 1.82) is 0 Å². The van der Waals surface area contributed by atoms with E-state index in [1.54, 1.807) is 0 Å². The summed E-state index contributed by atoms with van der Waals surface area (Å²) in [7, 11) is 0. The van der Waals surface area contributed by atoms with Crippen LogP contribution in [0, 0.1) is 0 Å². The number of aliphatic hydroxyl groups excluding tert-OH is 1. The van der Waals surface area contributed by atoms with Gasteiger partial charge in [0.2, 0.25) is 0 Å². The van der Waals surface area contributed by atoms with Gasteiger partial charge >= 0.3 is 0 Å². The van der Waals surface area contributed by atoms with Crippen LogP contribution in [0.4, 0.5) is 5.69 Å². The molecule has 1 aromatic rings. The number of hydrogen-bond acceptors (Lipinski definition) is 3. The largest absolute Gasteiger partial charge is 0.395 e. The molecule has 1 fully saturated rings. The molecule has 4 heteroatoms. The van der Waals surface area contributed by atoms with Crippen LogP contribution < -0.4 is 10.6 Å². The van der Waals surface area contributed by atoms with E-state index < -0.39 is 0 Å². The Balaban J connectivity index is 2.19. The van der Waals surface area contributed by atoms with Gasteiger partial charge in [-0.05, 0) is 30.5 Å². The van der Waals surface area contributed by atoms with E-state index in [9.17, 15) is 5.11 Å². The van der Waals surface area contributed by atoms with Gasteiger partial charge in [0.25, 0.3) is 0 Å². The Hall–Kier alpha value is -0.580. The normalized spacial score (nSPS) is 16.6. The lowest BCUT2D eigenvalue weighted by Crippen LogP contribution is -2.38. The zero-order valence-electron chi connectivity index (χ0n) is 11.3. The van der Waals surface area contributed by atoms with Crippen LogP contribution in [0.2, 0.25) is 0 Å². The Morgan fingerprint density at radius 3 is 2.58 bits per heavy atom. The van der Waals surface area contributed by atoms with E-state index in [0.29, 0.717) is 19.1 Å². The molecule has 19 heavy (non-hydrogen) atoms. The third-order valence-electron chi connectivity index (χ3n) is 3.94. The average molecular weight is 327 g/mol. The Morgan fingerprint density at radius 2 is 2.00 bits per heavy atom. The molecule has 0 heterocycles. The quantitative estimate of drug-likeness (QED) is 0.874. The van der Waals surface area contributed by atoms with Crippen molar-refractivity contribution in [2.45, 2.75) is 44.7 Å². The maximum Gasteiger partial charge on any atom is 0.0606 e. The van der Waals surface area contributed by atoms with Gasteiger partial charge in [-0.3, -0.25) is 0 Å². The highest BCUT2D eigenvalue weighted by molar-refractivity contribution is 9.10. The van der Waals surface area contributed by atoms with Crippen LogP contribution in [0.3, 0.4) is 0 Å². The Morgan fingerprint density at radius 1 is 1.26 bits per heavy atom. The monoisotopic (exact) mass is 326 g/mol. The highest BCUT2D eigenvalue weighted by Gasteiger charge is 2.21. The molecule has 0 aliphatic heterocycles. The summed E-state index contributed by atoms with van der Waals surface area (Å²) in [5.74, 6) is 0. The standard InChI is InChI=1S/C15H23BrN2O/c16-15-10-14(7-6-12(15)11-17)18(8-9-19)13-4-2-1-3-5-13/h6-7,10,13,19H,1-5,8-9,11,17H2. The van der Waals surface area contributed by atoms with Crippen LogP contribution in [-0.2, 0) is 6.54 Å². The van der Waals surface area contributed by atoms with Crippen molar-refractivity contribution in [3.8, 4) is 0 Å². The van der Waals surface area contributed by atoms with E-state index >= 15 is 0 Å². The molecule has 0 saturated heterocycles. The lowest BCUT2D eigenvalue weighted by molar-refractivity contribution is 0.290. The fraction of sp³-hybridized carbons (Fsp3) is 0.600. The van der Waals surface area contributed by atoms with E-state index in [-0.39, 0.29) is 6.61 Å². The zero-order valence-corrected chi connectivity index (χ0v) is 12.9. The molecule has 2 rings (SSSR count). The van der Waals surface area contributed by atoms with Crippen LogP contribution in [0.15, 0.2) is 22.7 Å². The maximum atomic E-state index is 9.33. The van der Waals surface area contributed by atoms with E-state index in [1.807, 2.05) is 0 Å². The van der Waals surface area contributed by atoms with Crippen molar-refractivity contribution in [3.63, 3.8) is 0 Å². The van der Waals surface area contributed by atoms with Gasteiger partial charge in [-0.25, -0.2) is 0 Å². The molecule has 3 nitrogen and oxygen atoms in total. The van der Waals surface area contributed by atoms with Gasteiger partial charge in [0, 0.05) is 29.3 Å². The highest BCUT2D eigenvalue weighted by atomic mass is 79.9. The zero-order chi connectivity index (χ0) is 13.7. The maximum absolute atomic E-state index is 9.33. The van der Waals surface area contributed by atoms with E-state index in [0.717, 1.165) is 10.0 Å². The number of hydrogen-bond donors (Lipinski definition) is 2. The predicted molar refractivity (Wildman–Crippen MR) is 83.3 cm³/mol. The molecule has 0 atom stereocenters. The van der Waals surface area contributed by atoms with E-state index in [1.165, 1.54) is 37.8 Å². The first kappa shape index (κ1) is 14.8. The lowest BCUT2D eigenvalue weighted by Gasteiger charge is -2.36. The van der Waals surface area contributed by atoms with Crippen LogP contribution in [0.25, 0.3) is 0 Å². The second kappa shape index (κ2) is 7.27. The summed E-state index contributed by atoms with van der Waals surface area (Å²) in [6.45, 7) is 1.45. The third-order valence-corrected chi connectivity index (χ3v) is 4.68. The van der Waals surface area contributed by atoms with Crippen LogP contribution in [0.1, 0.15) is 37.7 Å². The van der Waals surface area contributed by atoms with Crippen molar-refractivity contribution in [2.24, 2.45) is 5.73 Å². The van der Waals surface area contributed by atoms with Crippen LogP contribution >= 0.6 is 15.9 Å². The fourth-order valence-electron chi connectivity index (χ4n) is 2.90. The molecule has 1 saturated carbocycles. The topological polar surface area (TPSA) is 49.5 Å². The first-order valence-electron chi connectivity index (χ1n) is 7.12. The number of halogens is 1. The second-order valence-electron chi connectivity index (χ2n) is 5.19. The SMILES string of the molecule is NCc1ccc(N(CCO)C2CCCCC2)cc1Br. The number of nitrogens with zero attached hydrogens (tertiary/aromatic N) is 1. The molecule has 0 unspecified atom stereocenters. The Kier molecular flexibility index (Phi) is 5.67. The Labute approximate surface area is 123 Å². The number of benzene rings is 1. The number of aliphatic hydroxyl groups is 1. The molecule has 0 amide bonds. The van der Waals surface area contributed by atoms with Gasteiger partial charge in [-0.1, -0.05) is 41.3 Å². The van der Waals surface area contributed by atoms with Gasteiger partial charge in [-0.2, -0.15) is 0 Å². The average Bonchev–Trinajstić information content (AvgIpc) is 2.45. The van der Waals surface area contributed by atoms with Gasteiger partial charge in [0.15, 0.2) is 0 Å². The molecule has 1 aliphatic rings. The number of anilines is 1. The molecular weight excluding hydrogens is 304 g/mol. The highest BCUT2D eigenvalue weighted by Crippen LogP contribution is 2.30. The lowest BCUT2D eigenvalue weighted by atomic mass is 9.93. The van der Waals surface area contributed by atoms with Crippen LogP contribution in [-0.4, -0.2) is 24.3 Å². The predicted octanol–water partition coefficient (Wildman–Crippen LogP) is 3.04. The molecule has 1 aliphatic carbocycles. The summed E-state index contributed by atoms with van der Waals surface area (Å²) >= 11 is 3.58. The van der Waals surface area contributed by atoms with E-state index in [2.05, 4.69) is 39.0 Å². The molecule has 1 aromatic carbocycles. The summed E-state index contributed by atoms with van der Waals surface area (Å²) in [5, 5.41) is 9.33. The molecule has 106 valence electrons. The minimum absolute atomic E-state index is 0.201. The molecule has 0 aromatic heterocycles. The fourth-order valence-corrected chi connectivity index (χ4v) is 3.43. The van der Waals surface area contributed by atoms with Crippen molar-refractivity contribution in [2.75, 3.05) is 18.1 Å². The molecular formula is C15H23BrN2O. The smallest absolute Gasteiger partial charge is 0.0606 e. The number of rotatable bonds is 5. The summed E-state index contributed by atoms with van der Waals surface area (Å²) in [4.78, 5) is 2.35. The minimum Gasteiger partial charge on any atom is -0.395 e. The number of nitrogens with two attached hydrogens (primary N) is 1. The summed E-state index contributed by atoms with van der Waals surface area (Å²) in [6, 6.07) is 6.90. The molecule has 0 radical (unpaired) electrons. The summed E-state index contributed by atoms with van der Waals surface area (Å²) < 4.78 is 1.06. The van der Waals surface area contributed by atoms with Crippen molar-refractivity contribution in [3.05, 3.63) is 28.2 Å². The second-order valence-corrected chi connectivity index (χ2v) is 6.04. The molecule has 3 N–H and O–H groups in total. The van der Waals surface area contributed by atoms with E-state index in [4.69, 9.17) is 5.73 Å².